The lowest BCUT2D eigenvalue weighted by Gasteiger charge is -2.14. The molecular weight excluding hydrogens is 346 g/mol. The summed E-state index contributed by atoms with van der Waals surface area (Å²) in [6.07, 6.45) is 0. The number of amides is 1. The Hall–Kier alpha value is -2.60. The van der Waals surface area contributed by atoms with E-state index in [1.165, 1.54) is 17.3 Å². The van der Waals surface area contributed by atoms with Gasteiger partial charge in [-0.15, -0.1) is 11.8 Å². The highest BCUT2D eigenvalue weighted by atomic mass is 32.2. The summed E-state index contributed by atoms with van der Waals surface area (Å²) in [4.78, 5) is 17.7. The van der Waals surface area contributed by atoms with Gasteiger partial charge in [-0.3, -0.25) is 4.79 Å². The van der Waals surface area contributed by atoms with E-state index in [0.717, 1.165) is 4.90 Å². The van der Waals surface area contributed by atoms with E-state index in [0.29, 0.717) is 29.6 Å². The van der Waals surface area contributed by atoms with Gasteiger partial charge in [0.1, 0.15) is 0 Å². The maximum Gasteiger partial charge on any atom is 0.252 e. The molecule has 3 rings (SSSR count). The minimum absolute atomic E-state index is 0.0693. The Kier molecular flexibility index (Phi) is 6.07. The van der Waals surface area contributed by atoms with Crippen molar-refractivity contribution in [3.8, 4) is 0 Å². The van der Waals surface area contributed by atoms with Crippen molar-refractivity contribution in [3.05, 3.63) is 77.4 Å². The van der Waals surface area contributed by atoms with Crippen molar-refractivity contribution in [1.82, 2.24) is 15.5 Å². The summed E-state index contributed by atoms with van der Waals surface area (Å²) in [6, 6.07) is 17.7. The number of hydrogen-bond donors (Lipinski definition) is 1. The molecule has 0 aliphatic heterocycles. The Morgan fingerprint density at radius 2 is 1.88 bits per heavy atom. The average Bonchev–Trinajstić information content (AvgIpc) is 3.10. The standard InChI is InChI=1S/C20H21N3O2S/c1-14(16-8-4-3-5-9-16)12-21-20(24)17-10-6-7-11-18(17)26-13-19-22-15(2)25-23-19/h3-11,14H,12-13H2,1-2H3,(H,21,24). The molecule has 3 aromatic rings. The lowest BCUT2D eigenvalue weighted by atomic mass is 10.0. The number of rotatable bonds is 7. The summed E-state index contributed by atoms with van der Waals surface area (Å²) in [5.41, 5.74) is 1.88. The highest BCUT2D eigenvalue weighted by Crippen LogP contribution is 2.25. The summed E-state index contributed by atoms with van der Waals surface area (Å²) in [6.45, 7) is 4.46. The molecule has 0 bridgehead atoms. The van der Waals surface area contributed by atoms with Crippen LogP contribution in [0.25, 0.3) is 0 Å². The minimum atomic E-state index is -0.0693. The second-order valence-corrected chi connectivity index (χ2v) is 7.05. The van der Waals surface area contributed by atoms with Gasteiger partial charge >= 0.3 is 0 Å². The predicted molar refractivity (Wildman–Crippen MR) is 102 cm³/mol. The van der Waals surface area contributed by atoms with Crippen molar-refractivity contribution in [1.29, 1.82) is 0 Å². The van der Waals surface area contributed by atoms with Gasteiger partial charge in [-0.2, -0.15) is 4.98 Å². The number of carbonyl (C=O) groups is 1. The van der Waals surface area contributed by atoms with Gasteiger partial charge in [0.2, 0.25) is 5.89 Å². The molecule has 0 aliphatic rings. The van der Waals surface area contributed by atoms with Crippen molar-refractivity contribution in [2.45, 2.75) is 30.4 Å². The Labute approximate surface area is 157 Å². The molecule has 134 valence electrons. The van der Waals surface area contributed by atoms with Crippen LogP contribution >= 0.6 is 11.8 Å². The number of aromatic nitrogens is 2. The van der Waals surface area contributed by atoms with Crippen LogP contribution in [-0.4, -0.2) is 22.6 Å². The van der Waals surface area contributed by atoms with Gasteiger partial charge in [-0.25, -0.2) is 0 Å². The zero-order chi connectivity index (χ0) is 18.4. The van der Waals surface area contributed by atoms with E-state index in [1.54, 1.807) is 6.92 Å². The number of carbonyl (C=O) groups excluding carboxylic acids is 1. The molecule has 1 aromatic heterocycles. The smallest absolute Gasteiger partial charge is 0.252 e. The first-order valence-corrected chi connectivity index (χ1v) is 9.46. The van der Waals surface area contributed by atoms with Crippen LogP contribution in [0.15, 0.2) is 64.0 Å². The van der Waals surface area contributed by atoms with Gasteiger partial charge in [-0.1, -0.05) is 54.5 Å². The van der Waals surface area contributed by atoms with E-state index in [4.69, 9.17) is 4.52 Å². The van der Waals surface area contributed by atoms with Crippen molar-refractivity contribution in [2.24, 2.45) is 0 Å². The first kappa shape index (κ1) is 18.2. The van der Waals surface area contributed by atoms with Gasteiger partial charge in [0, 0.05) is 18.4 Å². The molecule has 1 heterocycles. The topological polar surface area (TPSA) is 68.0 Å². The largest absolute Gasteiger partial charge is 0.351 e. The van der Waals surface area contributed by atoms with E-state index < -0.39 is 0 Å². The fraction of sp³-hybridized carbons (Fsp3) is 0.250. The van der Waals surface area contributed by atoms with Crippen LogP contribution in [0, 0.1) is 6.92 Å². The number of thioether (sulfide) groups is 1. The second-order valence-electron chi connectivity index (χ2n) is 6.04. The van der Waals surface area contributed by atoms with Gasteiger partial charge in [0.15, 0.2) is 5.82 Å². The quantitative estimate of drug-likeness (QED) is 0.634. The van der Waals surface area contributed by atoms with Gasteiger partial charge in [0.25, 0.3) is 5.91 Å². The Balaban J connectivity index is 1.62. The normalized spacial score (nSPS) is 11.9. The molecule has 6 heteroatoms. The predicted octanol–water partition coefficient (Wildman–Crippen LogP) is 4.20. The van der Waals surface area contributed by atoms with Gasteiger partial charge < -0.3 is 9.84 Å². The molecule has 1 N–H and O–H groups in total. The molecule has 0 saturated heterocycles. The molecular formula is C20H21N3O2S. The van der Waals surface area contributed by atoms with E-state index in [9.17, 15) is 4.79 Å². The van der Waals surface area contributed by atoms with Gasteiger partial charge in [0.05, 0.1) is 11.3 Å². The third-order valence-electron chi connectivity index (χ3n) is 4.00. The van der Waals surface area contributed by atoms with Crippen LogP contribution in [-0.2, 0) is 5.75 Å². The average molecular weight is 367 g/mol. The van der Waals surface area contributed by atoms with Gasteiger partial charge in [-0.05, 0) is 23.6 Å². The molecule has 0 aliphatic carbocycles. The zero-order valence-corrected chi connectivity index (χ0v) is 15.6. The maximum absolute atomic E-state index is 12.6. The Morgan fingerprint density at radius 1 is 1.15 bits per heavy atom. The maximum atomic E-state index is 12.6. The van der Waals surface area contributed by atoms with E-state index >= 15 is 0 Å². The minimum Gasteiger partial charge on any atom is -0.351 e. The number of benzene rings is 2. The first-order valence-electron chi connectivity index (χ1n) is 8.47. The molecule has 2 aromatic carbocycles. The summed E-state index contributed by atoms with van der Waals surface area (Å²) < 4.78 is 4.98. The summed E-state index contributed by atoms with van der Waals surface area (Å²) in [5.74, 6) is 1.91. The Bertz CT molecular complexity index is 864. The second kappa shape index (κ2) is 8.67. The number of nitrogens with zero attached hydrogens (tertiary/aromatic N) is 2. The van der Waals surface area contributed by atoms with Crippen molar-refractivity contribution < 1.29 is 9.32 Å². The molecule has 1 unspecified atom stereocenters. The molecule has 1 atom stereocenters. The van der Waals surface area contributed by atoms with Crippen LogP contribution in [0.3, 0.4) is 0 Å². The summed E-state index contributed by atoms with van der Waals surface area (Å²) in [5, 5.41) is 6.93. The highest BCUT2D eigenvalue weighted by molar-refractivity contribution is 7.98. The first-order chi connectivity index (χ1) is 12.6. The fourth-order valence-corrected chi connectivity index (χ4v) is 3.46. The number of aryl methyl sites for hydroxylation is 1. The monoisotopic (exact) mass is 367 g/mol. The summed E-state index contributed by atoms with van der Waals surface area (Å²) >= 11 is 1.53. The third-order valence-corrected chi connectivity index (χ3v) is 5.07. The molecule has 0 saturated carbocycles. The molecule has 0 fully saturated rings. The van der Waals surface area contributed by atoms with Crippen LogP contribution in [0.5, 0.6) is 0 Å². The lowest BCUT2D eigenvalue weighted by Crippen LogP contribution is -2.27. The van der Waals surface area contributed by atoms with Crippen LogP contribution in [0.2, 0.25) is 0 Å². The summed E-state index contributed by atoms with van der Waals surface area (Å²) in [7, 11) is 0. The van der Waals surface area contributed by atoms with Crippen molar-refractivity contribution in [3.63, 3.8) is 0 Å². The fourth-order valence-electron chi connectivity index (χ4n) is 2.56. The van der Waals surface area contributed by atoms with E-state index in [-0.39, 0.29) is 11.8 Å². The Morgan fingerprint density at radius 3 is 2.62 bits per heavy atom. The zero-order valence-electron chi connectivity index (χ0n) is 14.8. The van der Waals surface area contributed by atoms with Crippen molar-refractivity contribution >= 4 is 17.7 Å². The van der Waals surface area contributed by atoms with E-state index in [2.05, 4.69) is 34.5 Å². The number of nitrogens with one attached hydrogen (secondary N) is 1. The highest BCUT2D eigenvalue weighted by Gasteiger charge is 2.14. The van der Waals surface area contributed by atoms with Crippen LogP contribution in [0.4, 0.5) is 0 Å². The van der Waals surface area contributed by atoms with Crippen molar-refractivity contribution in [2.75, 3.05) is 6.54 Å². The molecule has 26 heavy (non-hydrogen) atoms. The van der Waals surface area contributed by atoms with Crippen LogP contribution in [0.1, 0.15) is 40.5 Å². The lowest BCUT2D eigenvalue weighted by molar-refractivity contribution is 0.0948. The van der Waals surface area contributed by atoms with Crippen LogP contribution < -0.4 is 5.32 Å². The molecule has 0 radical (unpaired) electrons. The molecule has 1 amide bonds. The SMILES string of the molecule is Cc1nc(CSc2ccccc2C(=O)NCC(C)c2ccccc2)no1. The molecule has 0 spiro atoms. The molecule has 5 nitrogen and oxygen atoms in total. The van der Waals surface area contributed by atoms with E-state index in [1.807, 2.05) is 42.5 Å². The third kappa shape index (κ3) is 4.73. The number of hydrogen-bond acceptors (Lipinski definition) is 5.